The highest BCUT2D eigenvalue weighted by Gasteiger charge is 2.34. The number of nitrogens with one attached hydrogen (secondary N) is 2. The maximum Gasteiger partial charge on any atom is 0.418 e. The molecular weight excluding hydrogens is 429 g/mol. The van der Waals surface area contributed by atoms with E-state index in [0.717, 1.165) is 12.1 Å². The number of fused-ring (bicyclic) bond motifs is 1. The molecule has 2 N–H and O–H groups in total. The fourth-order valence-electron chi connectivity index (χ4n) is 3.07. The van der Waals surface area contributed by atoms with Crippen LogP contribution in [0.1, 0.15) is 32.9 Å². The van der Waals surface area contributed by atoms with Crippen LogP contribution in [0.25, 0.3) is 0 Å². The average molecular weight is 446 g/mol. The maximum atomic E-state index is 13.6. The third-order valence-corrected chi connectivity index (χ3v) is 4.59. The van der Waals surface area contributed by atoms with Crippen LogP contribution >= 0.6 is 0 Å². The summed E-state index contributed by atoms with van der Waals surface area (Å²) in [7, 11) is 0. The quantitative estimate of drug-likeness (QED) is 0.591. The number of rotatable bonds is 4. The van der Waals surface area contributed by atoms with Crippen molar-refractivity contribution in [1.29, 1.82) is 0 Å². The van der Waals surface area contributed by atoms with Gasteiger partial charge >= 0.3 is 6.18 Å². The summed E-state index contributed by atoms with van der Waals surface area (Å²) in [5, 5.41) is 4.61. The summed E-state index contributed by atoms with van der Waals surface area (Å²) in [6, 6.07) is 10.3. The molecule has 4 rings (SSSR count). The van der Waals surface area contributed by atoms with Gasteiger partial charge in [-0.25, -0.2) is 0 Å². The van der Waals surface area contributed by atoms with Gasteiger partial charge in [0.2, 0.25) is 0 Å². The lowest BCUT2D eigenvalue weighted by atomic mass is 10.1. The molecule has 3 aromatic rings. The normalized spacial score (nSPS) is 13.2. The third-order valence-electron chi connectivity index (χ3n) is 4.59. The lowest BCUT2D eigenvalue weighted by molar-refractivity contribution is -0.136. The summed E-state index contributed by atoms with van der Waals surface area (Å²) < 4.78 is 56.9. The lowest BCUT2D eigenvalue weighted by Gasteiger charge is -2.16. The Hall–Kier alpha value is -3.95. The standard InChI is InChI=1S/C22H17F3N2O5/c23-22(24,25)15-12-14(26-21(29)18-3-1-8-31-18)5-6-16(15)27-20(28)13-4-7-17-19(11-13)32-10-2-9-30-17/h1,3-8,11-12H,2,9-10H2,(H,26,29)(H,27,28). The van der Waals surface area contributed by atoms with Crippen LogP contribution < -0.4 is 20.1 Å². The number of halogens is 3. The van der Waals surface area contributed by atoms with E-state index < -0.39 is 29.2 Å². The molecule has 0 spiro atoms. The first-order valence-corrected chi connectivity index (χ1v) is 9.58. The molecule has 1 aliphatic rings. The average Bonchev–Trinajstić information content (AvgIpc) is 3.19. The number of alkyl halides is 3. The van der Waals surface area contributed by atoms with Crippen molar-refractivity contribution in [3.63, 3.8) is 0 Å². The van der Waals surface area contributed by atoms with E-state index in [0.29, 0.717) is 31.1 Å². The zero-order valence-corrected chi connectivity index (χ0v) is 16.5. The topological polar surface area (TPSA) is 89.8 Å². The van der Waals surface area contributed by atoms with Crippen molar-refractivity contribution >= 4 is 23.2 Å². The molecule has 32 heavy (non-hydrogen) atoms. The first-order valence-electron chi connectivity index (χ1n) is 9.58. The van der Waals surface area contributed by atoms with Gasteiger partial charge in [-0.2, -0.15) is 13.2 Å². The fraction of sp³-hybridized carbons (Fsp3) is 0.182. The molecule has 2 aromatic carbocycles. The monoisotopic (exact) mass is 446 g/mol. The molecule has 0 atom stereocenters. The van der Waals surface area contributed by atoms with E-state index in [2.05, 4.69) is 10.6 Å². The molecule has 0 bridgehead atoms. The predicted molar refractivity (Wildman–Crippen MR) is 108 cm³/mol. The molecule has 0 saturated carbocycles. The number of furan rings is 1. The highest BCUT2D eigenvalue weighted by atomic mass is 19.4. The SMILES string of the molecule is O=C(Nc1ccc(NC(=O)c2ccco2)cc1C(F)(F)F)c1ccc2c(c1)OCCCO2. The van der Waals surface area contributed by atoms with Crippen LogP contribution in [0.3, 0.4) is 0 Å². The Balaban J connectivity index is 1.57. The molecule has 7 nitrogen and oxygen atoms in total. The minimum absolute atomic E-state index is 0.0506. The van der Waals surface area contributed by atoms with Gasteiger partial charge in [-0.05, 0) is 48.5 Å². The largest absolute Gasteiger partial charge is 0.490 e. The fourth-order valence-corrected chi connectivity index (χ4v) is 3.07. The third kappa shape index (κ3) is 4.69. The van der Waals surface area contributed by atoms with Crippen molar-refractivity contribution in [3.05, 3.63) is 71.7 Å². The molecular formula is C22H17F3N2O5. The molecule has 10 heteroatoms. The number of hydrogen-bond acceptors (Lipinski definition) is 5. The van der Waals surface area contributed by atoms with Gasteiger partial charge in [0, 0.05) is 17.7 Å². The summed E-state index contributed by atoms with van der Waals surface area (Å²) in [5.74, 6) is -0.690. The number of hydrogen-bond donors (Lipinski definition) is 2. The van der Waals surface area contributed by atoms with Gasteiger partial charge in [0.1, 0.15) is 0 Å². The van der Waals surface area contributed by atoms with Gasteiger partial charge in [-0.15, -0.1) is 0 Å². The number of ether oxygens (including phenoxy) is 2. The zero-order valence-electron chi connectivity index (χ0n) is 16.5. The van der Waals surface area contributed by atoms with Gasteiger partial charge in [-0.3, -0.25) is 9.59 Å². The summed E-state index contributed by atoms with van der Waals surface area (Å²) in [4.78, 5) is 24.7. The first-order chi connectivity index (χ1) is 15.3. The van der Waals surface area contributed by atoms with Crippen molar-refractivity contribution in [3.8, 4) is 11.5 Å². The summed E-state index contributed by atoms with van der Waals surface area (Å²) in [6.07, 6.45) is -2.83. The van der Waals surface area contributed by atoms with E-state index in [-0.39, 0.29) is 17.0 Å². The summed E-state index contributed by atoms with van der Waals surface area (Å²) >= 11 is 0. The van der Waals surface area contributed by atoms with Gasteiger partial charge in [0.25, 0.3) is 11.8 Å². The molecule has 0 radical (unpaired) electrons. The van der Waals surface area contributed by atoms with Crippen LogP contribution in [-0.4, -0.2) is 25.0 Å². The van der Waals surface area contributed by atoms with Crippen LogP contribution in [0.15, 0.2) is 59.2 Å². The first kappa shape index (κ1) is 21.3. The lowest BCUT2D eigenvalue weighted by Crippen LogP contribution is -2.18. The summed E-state index contributed by atoms with van der Waals surface area (Å²) in [6.45, 7) is 0.873. The highest BCUT2D eigenvalue weighted by Crippen LogP contribution is 2.37. The Morgan fingerprint density at radius 1 is 0.875 bits per heavy atom. The smallest absolute Gasteiger partial charge is 0.418 e. The van der Waals surface area contributed by atoms with E-state index >= 15 is 0 Å². The Bertz CT molecular complexity index is 1140. The van der Waals surface area contributed by atoms with Crippen LogP contribution in [0, 0.1) is 0 Å². The number of carbonyl (C=O) groups excluding carboxylic acids is 2. The molecule has 0 saturated heterocycles. The molecule has 1 aromatic heterocycles. The maximum absolute atomic E-state index is 13.6. The van der Waals surface area contributed by atoms with Crippen molar-refractivity contribution in [2.45, 2.75) is 12.6 Å². The van der Waals surface area contributed by atoms with Gasteiger partial charge in [0.15, 0.2) is 17.3 Å². The minimum atomic E-state index is -4.78. The molecule has 2 amide bonds. The van der Waals surface area contributed by atoms with Crippen molar-refractivity contribution in [1.82, 2.24) is 0 Å². The van der Waals surface area contributed by atoms with Crippen molar-refractivity contribution in [2.75, 3.05) is 23.8 Å². The number of benzene rings is 2. The highest BCUT2D eigenvalue weighted by molar-refractivity contribution is 6.06. The summed E-state index contributed by atoms with van der Waals surface area (Å²) in [5.41, 5.74) is -1.56. The van der Waals surface area contributed by atoms with Crippen molar-refractivity contribution in [2.24, 2.45) is 0 Å². The number of anilines is 2. The Morgan fingerprint density at radius 2 is 1.66 bits per heavy atom. The second kappa shape index (κ2) is 8.66. The molecule has 0 fully saturated rings. The van der Waals surface area contributed by atoms with Crippen LogP contribution in [0.4, 0.5) is 24.5 Å². The van der Waals surface area contributed by atoms with Gasteiger partial charge in [0.05, 0.1) is 30.7 Å². The Labute approximate surface area is 180 Å². The van der Waals surface area contributed by atoms with Crippen LogP contribution in [0.2, 0.25) is 0 Å². The van der Waals surface area contributed by atoms with Crippen molar-refractivity contribution < 1.29 is 36.7 Å². The number of amides is 2. The molecule has 2 heterocycles. The Morgan fingerprint density at radius 3 is 2.38 bits per heavy atom. The second-order valence-electron chi connectivity index (χ2n) is 6.86. The molecule has 166 valence electrons. The van der Waals surface area contributed by atoms with E-state index in [1.807, 2.05) is 0 Å². The second-order valence-corrected chi connectivity index (χ2v) is 6.86. The number of carbonyl (C=O) groups is 2. The van der Waals surface area contributed by atoms with Crippen LogP contribution in [0.5, 0.6) is 11.5 Å². The zero-order chi connectivity index (χ0) is 22.7. The molecule has 1 aliphatic heterocycles. The van der Waals surface area contributed by atoms with E-state index in [1.54, 1.807) is 0 Å². The minimum Gasteiger partial charge on any atom is -0.490 e. The van der Waals surface area contributed by atoms with Gasteiger partial charge < -0.3 is 24.5 Å². The van der Waals surface area contributed by atoms with E-state index in [9.17, 15) is 22.8 Å². The van der Waals surface area contributed by atoms with E-state index in [1.165, 1.54) is 42.7 Å². The molecule has 0 unspecified atom stereocenters. The van der Waals surface area contributed by atoms with E-state index in [4.69, 9.17) is 13.9 Å². The van der Waals surface area contributed by atoms with Gasteiger partial charge in [-0.1, -0.05) is 0 Å². The molecule has 0 aliphatic carbocycles. The Kier molecular flexibility index (Phi) is 5.76. The van der Waals surface area contributed by atoms with Crippen LogP contribution in [-0.2, 0) is 6.18 Å². The predicted octanol–water partition coefficient (Wildman–Crippen LogP) is 4.96.